The first-order chi connectivity index (χ1) is 10.7. The third-order valence-corrected chi connectivity index (χ3v) is 3.66. The van der Waals surface area contributed by atoms with Gasteiger partial charge in [-0.2, -0.15) is 0 Å². The van der Waals surface area contributed by atoms with Crippen LogP contribution in [0.2, 0.25) is 0 Å². The second-order valence-electron chi connectivity index (χ2n) is 5.56. The number of hydrogen-bond donors (Lipinski definition) is 1. The Morgan fingerprint density at radius 2 is 1.86 bits per heavy atom. The third-order valence-electron chi connectivity index (χ3n) is 3.66. The van der Waals surface area contributed by atoms with Crippen molar-refractivity contribution in [1.29, 1.82) is 0 Å². The van der Waals surface area contributed by atoms with Crippen LogP contribution in [0, 0.1) is 0 Å². The maximum atomic E-state index is 12.0. The van der Waals surface area contributed by atoms with Gasteiger partial charge >= 0.3 is 0 Å². The molecule has 1 aromatic rings. The van der Waals surface area contributed by atoms with Gasteiger partial charge in [-0.25, -0.2) is 0 Å². The lowest BCUT2D eigenvalue weighted by Crippen LogP contribution is -2.31. The molecule has 1 aromatic carbocycles. The quantitative estimate of drug-likeness (QED) is 0.762. The number of rotatable bonds is 9. The van der Waals surface area contributed by atoms with Gasteiger partial charge in [0.2, 0.25) is 12.7 Å². The van der Waals surface area contributed by atoms with Crippen molar-refractivity contribution >= 4 is 5.91 Å². The molecule has 1 aliphatic heterocycles. The molecule has 0 fully saturated rings. The molecule has 0 spiro atoms. The van der Waals surface area contributed by atoms with E-state index in [0.29, 0.717) is 13.0 Å². The highest BCUT2D eigenvalue weighted by Crippen LogP contribution is 2.32. The van der Waals surface area contributed by atoms with E-state index < -0.39 is 0 Å². The molecule has 1 heterocycles. The van der Waals surface area contributed by atoms with Gasteiger partial charge in [-0.3, -0.25) is 4.79 Å². The summed E-state index contributed by atoms with van der Waals surface area (Å²) in [5, 5.41) is 2.97. The average molecular weight is 306 g/mol. The van der Waals surface area contributed by atoms with Crippen molar-refractivity contribution in [1.82, 2.24) is 10.2 Å². The molecule has 22 heavy (non-hydrogen) atoms. The summed E-state index contributed by atoms with van der Waals surface area (Å²) >= 11 is 0. The van der Waals surface area contributed by atoms with Crippen LogP contribution in [-0.2, 0) is 11.3 Å². The standard InChI is InChI=1S/C17H26N2O3/c1-3-8-19(9-4-2)10-7-17(20)18-12-14-5-6-15-16(11-14)22-13-21-15/h5-6,11H,3-4,7-10,12-13H2,1-2H3,(H,18,20). The van der Waals surface area contributed by atoms with Gasteiger partial charge in [0.1, 0.15) is 0 Å². The van der Waals surface area contributed by atoms with Gasteiger partial charge in [0, 0.05) is 19.5 Å². The van der Waals surface area contributed by atoms with Crippen LogP contribution in [0.15, 0.2) is 18.2 Å². The zero-order valence-electron chi connectivity index (χ0n) is 13.6. The maximum Gasteiger partial charge on any atom is 0.231 e. The van der Waals surface area contributed by atoms with Crippen LogP contribution in [0.1, 0.15) is 38.7 Å². The summed E-state index contributed by atoms with van der Waals surface area (Å²) in [5.41, 5.74) is 1.02. The average Bonchev–Trinajstić information content (AvgIpc) is 2.98. The van der Waals surface area contributed by atoms with Gasteiger partial charge in [-0.05, 0) is 43.6 Å². The number of carbonyl (C=O) groups excluding carboxylic acids is 1. The number of fused-ring (bicyclic) bond motifs is 1. The van der Waals surface area contributed by atoms with E-state index in [4.69, 9.17) is 9.47 Å². The minimum absolute atomic E-state index is 0.0925. The van der Waals surface area contributed by atoms with Gasteiger partial charge in [-0.1, -0.05) is 19.9 Å². The molecular formula is C17H26N2O3. The molecule has 1 aliphatic rings. The second kappa shape index (κ2) is 8.63. The van der Waals surface area contributed by atoms with Crippen molar-refractivity contribution in [3.05, 3.63) is 23.8 Å². The molecule has 0 aliphatic carbocycles. The molecule has 0 aromatic heterocycles. The van der Waals surface area contributed by atoms with Gasteiger partial charge in [0.25, 0.3) is 0 Å². The normalized spacial score (nSPS) is 12.7. The number of amides is 1. The summed E-state index contributed by atoms with van der Waals surface area (Å²) in [6, 6.07) is 5.76. The summed E-state index contributed by atoms with van der Waals surface area (Å²) in [6.07, 6.45) is 2.79. The fourth-order valence-corrected chi connectivity index (χ4v) is 2.57. The summed E-state index contributed by atoms with van der Waals surface area (Å²) in [7, 11) is 0. The second-order valence-corrected chi connectivity index (χ2v) is 5.56. The van der Waals surface area contributed by atoms with Crippen LogP contribution in [0.25, 0.3) is 0 Å². The molecule has 1 N–H and O–H groups in total. The number of ether oxygens (including phenoxy) is 2. The summed E-state index contributed by atoms with van der Waals surface area (Å²) in [4.78, 5) is 14.3. The Balaban J connectivity index is 1.73. The van der Waals surface area contributed by atoms with E-state index in [1.165, 1.54) is 0 Å². The van der Waals surface area contributed by atoms with Crippen LogP contribution in [-0.4, -0.2) is 37.2 Å². The highest BCUT2D eigenvalue weighted by Gasteiger charge is 2.13. The van der Waals surface area contributed by atoms with Crippen LogP contribution < -0.4 is 14.8 Å². The van der Waals surface area contributed by atoms with Crippen molar-refractivity contribution in [2.45, 2.75) is 39.7 Å². The molecule has 0 radical (unpaired) electrons. The van der Waals surface area contributed by atoms with Crippen molar-refractivity contribution in [2.24, 2.45) is 0 Å². The molecule has 0 unspecified atom stereocenters. The lowest BCUT2D eigenvalue weighted by molar-refractivity contribution is -0.121. The molecule has 0 saturated carbocycles. The molecule has 5 heteroatoms. The maximum absolute atomic E-state index is 12.0. The lowest BCUT2D eigenvalue weighted by Gasteiger charge is -2.20. The first-order valence-electron chi connectivity index (χ1n) is 8.10. The van der Waals surface area contributed by atoms with Gasteiger partial charge in [0.05, 0.1) is 0 Å². The van der Waals surface area contributed by atoms with Crippen LogP contribution in [0.4, 0.5) is 0 Å². The number of nitrogens with one attached hydrogen (secondary N) is 1. The number of hydrogen-bond acceptors (Lipinski definition) is 4. The Labute approximate surface area is 132 Å². The van der Waals surface area contributed by atoms with Crippen LogP contribution in [0.3, 0.4) is 0 Å². The van der Waals surface area contributed by atoms with Crippen LogP contribution >= 0.6 is 0 Å². The van der Waals surface area contributed by atoms with Crippen molar-refractivity contribution in [3.8, 4) is 11.5 Å². The minimum atomic E-state index is 0.0925. The fraction of sp³-hybridized carbons (Fsp3) is 0.588. The number of benzene rings is 1. The predicted octanol–water partition coefficient (Wildman–Crippen LogP) is 2.54. The molecular weight excluding hydrogens is 280 g/mol. The SMILES string of the molecule is CCCN(CCC)CCC(=O)NCc1ccc2c(c1)OCO2. The van der Waals surface area contributed by atoms with Crippen molar-refractivity contribution in [2.75, 3.05) is 26.4 Å². The Hall–Kier alpha value is -1.75. The highest BCUT2D eigenvalue weighted by atomic mass is 16.7. The van der Waals surface area contributed by atoms with E-state index in [2.05, 4.69) is 24.1 Å². The predicted molar refractivity (Wildman–Crippen MR) is 86.1 cm³/mol. The van der Waals surface area contributed by atoms with E-state index in [9.17, 15) is 4.79 Å². The summed E-state index contributed by atoms with van der Waals surface area (Å²) in [6.45, 7) is 8.08. The molecule has 2 rings (SSSR count). The molecule has 0 bridgehead atoms. The van der Waals surface area contributed by atoms with Crippen molar-refractivity contribution in [3.63, 3.8) is 0 Å². The fourth-order valence-electron chi connectivity index (χ4n) is 2.57. The van der Waals surface area contributed by atoms with E-state index in [-0.39, 0.29) is 12.7 Å². The topological polar surface area (TPSA) is 50.8 Å². The smallest absolute Gasteiger partial charge is 0.231 e. The van der Waals surface area contributed by atoms with Gasteiger partial charge in [0.15, 0.2) is 11.5 Å². The monoisotopic (exact) mass is 306 g/mol. The Kier molecular flexibility index (Phi) is 6.52. The first-order valence-corrected chi connectivity index (χ1v) is 8.10. The highest BCUT2D eigenvalue weighted by molar-refractivity contribution is 5.76. The van der Waals surface area contributed by atoms with Gasteiger partial charge in [-0.15, -0.1) is 0 Å². The van der Waals surface area contributed by atoms with Crippen LogP contribution in [0.5, 0.6) is 11.5 Å². The third kappa shape index (κ3) is 4.91. The number of carbonyl (C=O) groups is 1. The molecule has 0 atom stereocenters. The molecule has 1 amide bonds. The Morgan fingerprint density at radius 3 is 2.59 bits per heavy atom. The van der Waals surface area contributed by atoms with Crippen molar-refractivity contribution < 1.29 is 14.3 Å². The van der Waals surface area contributed by atoms with Gasteiger partial charge < -0.3 is 19.7 Å². The number of nitrogens with zero attached hydrogens (tertiary/aromatic N) is 1. The van der Waals surface area contributed by atoms with E-state index in [1.807, 2.05) is 18.2 Å². The van der Waals surface area contributed by atoms with E-state index in [0.717, 1.165) is 49.5 Å². The molecule has 122 valence electrons. The zero-order chi connectivity index (χ0) is 15.8. The summed E-state index contributed by atoms with van der Waals surface area (Å²) < 4.78 is 10.6. The largest absolute Gasteiger partial charge is 0.454 e. The lowest BCUT2D eigenvalue weighted by atomic mass is 10.2. The Bertz CT molecular complexity index is 485. The minimum Gasteiger partial charge on any atom is -0.454 e. The summed E-state index contributed by atoms with van der Waals surface area (Å²) in [5.74, 6) is 1.61. The van der Waals surface area contributed by atoms with E-state index in [1.54, 1.807) is 0 Å². The molecule has 5 nitrogen and oxygen atoms in total. The zero-order valence-corrected chi connectivity index (χ0v) is 13.6. The molecule has 0 saturated heterocycles. The van der Waals surface area contributed by atoms with E-state index >= 15 is 0 Å². The first kappa shape index (κ1) is 16.6. The Morgan fingerprint density at radius 1 is 1.14 bits per heavy atom.